The minimum absolute atomic E-state index is 0.462. The second-order valence-corrected chi connectivity index (χ2v) is 9.75. The molecule has 0 amide bonds. The highest BCUT2D eigenvalue weighted by atomic mass is 32.1. The molecule has 1 aliphatic rings. The average Bonchev–Trinajstić information content (AvgIpc) is 3.70. The molecule has 0 aliphatic carbocycles. The van der Waals surface area contributed by atoms with Gasteiger partial charge in [0.05, 0.1) is 17.9 Å². The summed E-state index contributed by atoms with van der Waals surface area (Å²) < 4.78 is 9.33. The van der Waals surface area contributed by atoms with Crippen molar-refractivity contribution < 1.29 is 4.74 Å². The van der Waals surface area contributed by atoms with Crippen molar-refractivity contribution in [2.24, 2.45) is 0 Å². The lowest BCUT2D eigenvalue weighted by molar-refractivity contribution is 0.470. The molecule has 1 fully saturated rings. The van der Waals surface area contributed by atoms with E-state index in [1.165, 1.54) is 5.69 Å². The molecule has 1 unspecified atom stereocenters. The van der Waals surface area contributed by atoms with Crippen LogP contribution < -0.4 is 20.3 Å². The molecule has 0 spiro atoms. The van der Waals surface area contributed by atoms with E-state index in [0.29, 0.717) is 23.6 Å². The van der Waals surface area contributed by atoms with Crippen LogP contribution in [0.1, 0.15) is 19.4 Å². The molecule has 2 aromatic carbocycles. The first-order chi connectivity index (χ1) is 18.2. The molecule has 37 heavy (non-hydrogen) atoms. The van der Waals surface area contributed by atoms with Gasteiger partial charge in [0.2, 0.25) is 11.8 Å². The molecule has 9 heteroatoms. The number of allylic oxidation sites excluding steroid dienone is 1. The minimum Gasteiger partial charge on any atom is -0.437 e. The molecule has 8 nitrogen and oxygen atoms in total. The number of hydrogen-bond donors (Lipinski definition) is 2. The van der Waals surface area contributed by atoms with Crippen LogP contribution in [-0.2, 0) is 0 Å². The Hall–Kier alpha value is -4.37. The van der Waals surface area contributed by atoms with Crippen molar-refractivity contribution >= 4 is 44.6 Å². The van der Waals surface area contributed by atoms with E-state index in [2.05, 4.69) is 49.4 Å². The van der Waals surface area contributed by atoms with E-state index in [0.717, 1.165) is 41.1 Å². The normalized spacial score (nSPS) is 15.5. The van der Waals surface area contributed by atoms with Gasteiger partial charge in [-0.2, -0.15) is 4.98 Å². The predicted molar refractivity (Wildman–Crippen MR) is 150 cm³/mol. The van der Waals surface area contributed by atoms with Crippen molar-refractivity contribution in [3.05, 3.63) is 91.0 Å². The van der Waals surface area contributed by atoms with Gasteiger partial charge in [0.1, 0.15) is 10.4 Å². The fourth-order valence-corrected chi connectivity index (χ4v) is 5.25. The summed E-state index contributed by atoms with van der Waals surface area (Å²) in [6.07, 6.45) is 10.7. The third kappa shape index (κ3) is 5.12. The summed E-state index contributed by atoms with van der Waals surface area (Å²) in [5.41, 5.74) is 3.92. The van der Waals surface area contributed by atoms with E-state index in [-0.39, 0.29) is 0 Å². The Bertz CT molecular complexity index is 1510. The number of hydrogen-bond acceptors (Lipinski definition) is 8. The summed E-state index contributed by atoms with van der Waals surface area (Å²) in [6.45, 7) is 3.97. The Kier molecular flexibility index (Phi) is 6.43. The molecule has 0 radical (unpaired) electrons. The van der Waals surface area contributed by atoms with E-state index >= 15 is 0 Å². The molecule has 6 rings (SSSR count). The molecule has 1 atom stereocenters. The van der Waals surface area contributed by atoms with Gasteiger partial charge >= 0.3 is 0 Å². The molecular formula is C28H27N7OS. The van der Waals surface area contributed by atoms with Crippen LogP contribution in [0.5, 0.6) is 11.6 Å². The summed E-state index contributed by atoms with van der Waals surface area (Å²) in [5.74, 6) is 1.74. The van der Waals surface area contributed by atoms with Gasteiger partial charge in [-0.3, -0.25) is 0 Å². The maximum absolute atomic E-state index is 6.22. The van der Waals surface area contributed by atoms with Crippen LogP contribution in [0.2, 0.25) is 0 Å². The van der Waals surface area contributed by atoms with Crippen molar-refractivity contribution in [3.63, 3.8) is 0 Å². The van der Waals surface area contributed by atoms with Crippen LogP contribution in [0.15, 0.2) is 91.0 Å². The first-order valence-corrected chi connectivity index (χ1v) is 13.1. The SMILES string of the molecule is CC=CNc1cccc(Oc2nc(Nc3ccc(N4CCC(n5ccnc5)C4)cc3)nc3ccsc23)c1. The van der Waals surface area contributed by atoms with E-state index in [1.54, 1.807) is 11.3 Å². The van der Waals surface area contributed by atoms with E-state index in [4.69, 9.17) is 14.7 Å². The molecule has 3 aromatic heterocycles. The number of thiophene rings is 1. The Labute approximate surface area is 219 Å². The highest BCUT2D eigenvalue weighted by Gasteiger charge is 2.23. The summed E-state index contributed by atoms with van der Waals surface area (Å²) in [4.78, 5) is 16.0. The number of rotatable bonds is 8. The van der Waals surface area contributed by atoms with Gasteiger partial charge in [-0.15, -0.1) is 11.3 Å². The molecular weight excluding hydrogens is 482 g/mol. The lowest BCUT2D eigenvalue weighted by atomic mass is 10.2. The molecule has 0 bridgehead atoms. The third-order valence-electron chi connectivity index (χ3n) is 6.34. The summed E-state index contributed by atoms with van der Waals surface area (Å²) in [7, 11) is 0. The second-order valence-electron chi connectivity index (χ2n) is 8.83. The number of ether oxygens (including phenoxy) is 1. The highest BCUT2D eigenvalue weighted by molar-refractivity contribution is 7.17. The molecule has 2 N–H and O–H groups in total. The van der Waals surface area contributed by atoms with E-state index < -0.39 is 0 Å². The van der Waals surface area contributed by atoms with Gasteiger partial charge < -0.3 is 24.8 Å². The van der Waals surface area contributed by atoms with Crippen molar-refractivity contribution in [3.8, 4) is 11.6 Å². The zero-order valence-electron chi connectivity index (χ0n) is 20.4. The zero-order chi connectivity index (χ0) is 25.0. The minimum atomic E-state index is 0.462. The first kappa shape index (κ1) is 23.1. The number of fused-ring (bicyclic) bond motifs is 1. The van der Waals surface area contributed by atoms with E-state index in [9.17, 15) is 0 Å². The van der Waals surface area contributed by atoms with Crippen LogP contribution in [0, 0.1) is 0 Å². The van der Waals surface area contributed by atoms with Gasteiger partial charge in [0.25, 0.3) is 0 Å². The Morgan fingerprint density at radius 2 is 2.00 bits per heavy atom. The molecule has 0 saturated carbocycles. The van der Waals surface area contributed by atoms with Gasteiger partial charge in [0.15, 0.2) is 0 Å². The lowest BCUT2D eigenvalue weighted by Gasteiger charge is -2.19. The highest BCUT2D eigenvalue weighted by Crippen LogP contribution is 2.34. The van der Waals surface area contributed by atoms with Crippen LogP contribution in [-0.4, -0.2) is 32.6 Å². The molecule has 186 valence electrons. The maximum Gasteiger partial charge on any atom is 0.242 e. The predicted octanol–water partition coefficient (Wildman–Crippen LogP) is 6.82. The van der Waals surface area contributed by atoms with Crippen LogP contribution in [0.3, 0.4) is 0 Å². The standard InChI is InChI=1S/C28H27N7OS/c1-2-12-30-21-4-3-5-24(17-21)36-27-26-25(11-16-37-26)32-28(33-27)31-20-6-8-22(9-7-20)34-14-10-23(18-34)35-15-13-29-19-35/h2-9,11-13,15-17,19,23,30H,10,14,18H2,1H3,(H,31,32,33). The van der Waals surface area contributed by atoms with Crippen molar-refractivity contribution in [2.45, 2.75) is 19.4 Å². The smallest absolute Gasteiger partial charge is 0.242 e. The van der Waals surface area contributed by atoms with Gasteiger partial charge in [-0.25, -0.2) is 9.97 Å². The van der Waals surface area contributed by atoms with Crippen molar-refractivity contribution in [2.75, 3.05) is 28.6 Å². The Balaban J connectivity index is 1.18. The number of nitrogens with one attached hydrogen (secondary N) is 2. The summed E-state index contributed by atoms with van der Waals surface area (Å²) in [5, 5.41) is 8.57. The first-order valence-electron chi connectivity index (χ1n) is 12.3. The zero-order valence-corrected chi connectivity index (χ0v) is 21.2. The van der Waals surface area contributed by atoms with E-state index in [1.807, 2.05) is 73.6 Å². The van der Waals surface area contributed by atoms with Crippen LogP contribution >= 0.6 is 11.3 Å². The summed E-state index contributed by atoms with van der Waals surface area (Å²) in [6, 6.07) is 18.7. The number of nitrogens with zero attached hydrogens (tertiary/aromatic N) is 5. The topological polar surface area (TPSA) is 80.1 Å². The monoisotopic (exact) mass is 509 g/mol. The quantitative estimate of drug-likeness (QED) is 0.238. The van der Waals surface area contributed by atoms with Gasteiger partial charge in [-0.05, 0) is 67.4 Å². The van der Waals surface area contributed by atoms with Crippen molar-refractivity contribution in [1.29, 1.82) is 0 Å². The second kappa shape index (κ2) is 10.3. The fraction of sp³-hybridized carbons (Fsp3) is 0.179. The Morgan fingerprint density at radius 3 is 2.84 bits per heavy atom. The number of imidazole rings is 1. The number of benzene rings is 2. The molecule has 1 aliphatic heterocycles. The molecule has 1 saturated heterocycles. The third-order valence-corrected chi connectivity index (χ3v) is 7.23. The van der Waals surface area contributed by atoms with Crippen LogP contribution in [0.25, 0.3) is 10.2 Å². The van der Waals surface area contributed by atoms with Crippen molar-refractivity contribution in [1.82, 2.24) is 19.5 Å². The fourth-order valence-electron chi connectivity index (χ4n) is 4.49. The van der Waals surface area contributed by atoms with Crippen LogP contribution in [0.4, 0.5) is 23.0 Å². The number of aromatic nitrogens is 4. The largest absolute Gasteiger partial charge is 0.437 e. The van der Waals surface area contributed by atoms with Gasteiger partial charge in [0, 0.05) is 48.6 Å². The average molecular weight is 510 g/mol. The van der Waals surface area contributed by atoms with Gasteiger partial charge in [-0.1, -0.05) is 12.1 Å². The number of anilines is 4. The summed E-state index contributed by atoms with van der Waals surface area (Å²) >= 11 is 1.57. The Morgan fingerprint density at radius 1 is 1.08 bits per heavy atom. The maximum atomic E-state index is 6.22. The lowest BCUT2D eigenvalue weighted by Crippen LogP contribution is -2.20. The molecule has 5 aromatic rings. The molecule has 4 heterocycles.